The van der Waals surface area contributed by atoms with Crippen LogP contribution in [-0.2, 0) is 4.74 Å². The van der Waals surface area contributed by atoms with Crippen LogP contribution in [-0.4, -0.2) is 17.8 Å². The van der Waals surface area contributed by atoms with Gasteiger partial charge in [-0.15, -0.1) is 0 Å². The summed E-state index contributed by atoms with van der Waals surface area (Å²) in [6, 6.07) is 4.09. The molecule has 2 nitrogen and oxygen atoms in total. The average Bonchev–Trinajstić information content (AvgIpc) is 2.97. The molecular weight excluding hydrogens is 284 g/mol. The van der Waals surface area contributed by atoms with Gasteiger partial charge in [-0.2, -0.15) is 0 Å². The average molecular weight is 312 g/mol. The minimum Gasteiger partial charge on any atom is -0.507 e. The molecular formula is C21H28O2. The van der Waals surface area contributed by atoms with Crippen LogP contribution < -0.4 is 0 Å². The molecule has 23 heavy (non-hydrogen) atoms. The van der Waals surface area contributed by atoms with Gasteiger partial charge in [0.1, 0.15) is 5.75 Å². The molecule has 0 aromatic heterocycles. The summed E-state index contributed by atoms with van der Waals surface area (Å²) < 4.78 is 5.81. The van der Waals surface area contributed by atoms with Gasteiger partial charge >= 0.3 is 0 Å². The van der Waals surface area contributed by atoms with E-state index >= 15 is 0 Å². The van der Waals surface area contributed by atoms with Crippen LogP contribution in [0.3, 0.4) is 0 Å². The quantitative estimate of drug-likeness (QED) is 0.753. The molecule has 1 atom stereocenters. The first-order valence-electron chi connectivity index (χ1n) is 8.39. The van der Waals surface area contributed by atoms with Crippen molar-refractivity contribution in [3.63, 3.8) is 0 Å². The van der Waals surface area contributed by atoms with Gasteiger partial charge in [-0.3, -0.25) is 0 Å². The normalized spacial score (nSPS) is 18.2. The van der Waals surface area contributed by atoms with Gasteiger partial charge in [0.05, 0.1) is 12.7 Å². The Morgan fingerprint density at radius 1 is 1.35 bits per heavy atom. The Hall–Kier alpha value is -1.80. The molecule has 0 amide bonds. The standard InChI is InChI=1S/C21H28O2/c1-6-17(7-8-20-19(14(2)3)9-10-23-20)13-18-11-15(4)21(22)16(5)12-18/h9,11-13,20,22H,2,6-8,10H2,1,3-5H3/b17-13+. The van der Waals surface area contributed by atoms with Crippen molar-refractivity contribution in [2.75, 3.05) is 6.61 Å². The maximum Gasteiger partial charge on any atom is 0.121 e. The van der Waals surface area contributed by atoms with Crippen LogP contribution in [0.4, 0.5) is 0 Å². The van der Waals surface area contributed by atoms with Gasteiger partial charge in [-0.25, -0.2) is 0 Å². The first-order chi connectivity index (χ1) is 10.9. The fourth-order valence-electron chi connectivity index (χ4n) is 3.14. The van der Waals surface area contributed by atoms with Crippen LogP contribution in [0.1, 0.15) is 49.8 Å². The fourth-order valence-corrected chi connectivity index (χ4v) is 3.14. The van der Waals surface area contributed by atoms with Crippen LogP contribution >= 0.6 is 0 Å². The van der Waals surface area contributed by atoms with Crippen molar-refractivity contribution >= 4 is 6.08 Å². The number of benzene rings is 1. The second kappa shape index (κ2) is 7.65. The topological polar surface area (TPSA) is 29.5 Å². The third-order valence-corrected chi connectivity index (χ3v) is 4.51. The Morgan fingerprint density at radius 3 is 2.57 bits per heavy atom. The van der Waals surface area contributed by atoms with E-state index < -0.39 is 0 Å². The van der Waals surface area contributed by atoms with E-state index in [-0.39, 0.29) is 6.10 Å². The van der Waals surface area contributed by atoms with Crippen LogP contribution in [0.15, 0.2) is 41.5 Å². The number of phenols is 1. The Kier molecular flexibility index (Phi) is 5.84. The molecule has 1 heterocycles. The Labute approximate surface area is 140 Å². The molecule has 0 radical (unpaired) electrons. The molecule has 124 valence electrons. The summed E-state index contributed by atoms with van der Waals surface area (Å²) in [5, 5.41) is 9.90. The van der Waals surface area contributed by atoms with Gasteiger partial charge < -0.3 is 9.84 Å². The van der Waals surface area contributed by atoms with Crippen molar-refractivity contribution in [3.05, 3.63) is 58.2 Å². The smallest absolute Gasteiger partial charge is 0.121 e. The number of aryl methyl sites for hydroxylation is 2. The molecule has 2 heteroatoms. The highest BCUT2D eigenvalue weighted by atomic mass is 16.5. The molecule has 0 saturated carbocycles. The lowest BCUT2D eigenvalue weighted by molar-refractivity contribution is 0.116. The number of phenolic OH excluding ortho intramolecular Hbond substituents is 1. The third-order valence-electron chi connectivity index (χ3n) is 4.51. The molecule has 1 aliphatic rings. The maximum absolute atomic E-state index is 9.90. The first-order valence-corrected chi connectivity index (χ1v) is 8.39. The van der Waals surface area contributed by atoms with E-state index in [0.29, 0.717) is 12.4 Å². The third kappa shape index (κ3) is 4.35. The molecule has 1 aromatic carbocycles. The van der Waals surface area contributed by atoms with Gasteiger partial charge in [-0.1, -0.05) is 36.8 Å². The lowest BCUT2D eigenvalue weighted by Crippen LogP contribution is -2.11. The molecule has 0 saturated heterocycles. The lowest BCUT2D eigenvalue weighted by Gasteiger charge is -2.16. The highest BCUT2D eigenvalue weighted by molar-refractivity contribution is 5.58. The highest BCUT2D eigenvalue weighted by Gasteiger charge is 2.20. The number of hydrogen-bond donors (Lipinski definition) is 1. The van der Waals surface area contributed by atoms with E-state index in [0.717, 1.165) is 41.5 Å². The first kappa shape index (κ1) is 17.6. The summed E-state index contributed by atoms with van der Waals surface area (Å²) in [5.74, 6) is 0.399. The summed E-state index contributed by atoms with van der Waals surface area (Å²) in [7, 11) is 0. The largest absolute Gasteiger partial charge is 0.507 e. The monoisotopic (exact) mass is 312 g/mol. The van der Waals surface area contributed by atoms with Gasteiger partial charge in [0.2, 0.25) is 0 Å². The van der Waals surface area contributed by atoms with Crippen LogP contribution in [0.5, 0.6) is 5.75 Å². The second-order valence-electron chi connectivity index (χ2n) is 6.46. The van der Waals surface area contributed by atoms with E-state index in [9.17, 15) is 5.11 Å². The maximum atomic E-state index is 9.90. The Morgan fingerprint density at radius 2 is 2.00 bits per heavy atom. The molecule has 0 spiro atoms. The SMILES string of the molecule is C=C(C)C1=CCOC1CC/C(=C/c1cc(C)c(O)c(C)c1)CC. The van der Waals surface area contributed by atoms with Crippen molar-refractivity contribution in [1.82, 2.24) is 0 Å². The van der Waals surface area contributed by atoms with E-state index in [4.69, 9.17) is 4.74 Å². The van der Waals surface area contributed by atoms with E-state index in [2.05, 4.69) is 25.7 Å². The van der Waals surface area contributed by atoms with Gasteiger partial charge in [0.15, 0.2) is 0 Å². The summed E-state index contributed by atoms with van der Waals surface area (Å²) in [4.78, 5) is 0. The number of ether oxygens (including phenoxy) is 1. The summed E-state index contributed by atoms with van der Waals surface area (Å²) in [5.41, 5.74) is 6.80. The molecule has 1 unspecified atom stereocenters. The molecule has 2 rings (SSSR count). The summed E-state index contributed by atoms with van der Waals surface area (Å²) in [6.45, 7) is 12.9. The number of rotatable bonds is 6. The molecule has 0 aliphatic carbocycles. The van der Waals surface area contributed by atoms with Crippen molar-refractivity contribution in [2.45, 2.75) is 53.1 Å². The molecule has 0 fully saturated rings. The van der Waals surface area contributed by atoms with Gasteiger partial charge in [0.25, 0.3) is 0 Å². The van der Waals surface area contributed by atoms with E-state index in [1.807, 2.05) is 32.9 Å². The fraction of sp³-hybridized carbons (Fsp3) is 0.429. The molecule has 1 N–H and O–H groups in total. The number of aromatic hydroxyl groups is 1. The van der Waals surface area contributed by atoms with Gasteiger partial charge in [0, 0.05) is 0 Å². The minimum absolute atomic E-state index is 0.186. The zero-order chi connectivity index (χ0) is 17.0. The highest BCUT2D eigenvalue weighted by Crippen LogP contribution is 2.28. The van der Waals surface area contributed by atoms with Gasteiger partial charge in [-0.05, 0) is 74.4 Å². The number of allylic oxidation sites excluding steroid dienone is 1. The predicted octanol–water partition coefficient (Wildman–Crippen LogP) is 5.48. The minimum atomic E-state index is 0.186. The summed E-state index contributed by atoms with van der Waals surface area (Å²) >= 11 is 0. The lowest BCUT2D eigenvalue weighted by atomic mass is 9.95. The Balaban J connectivity index is 2.08. The summed E-state index contributed by atoms with van der Waals surface area (Å²) in [6.07, 6.45) is 7.62. The zero-order valence-corrected chi connectivity index (χ0v) is 14.8. The molecule has 1 aliphatic heterocycles. The van der Waals surface area contributed by atoms with E-state index in [1.54, 1.807) is 0 Å². The van der Waals surface area contributed by atoms with Crippen LogP contribution in [0.25, 0.3) is 6.08 Å². The van der Waals surface area contributed by atoms with E-state index in [1.165, 1.54) is 11.1 Å². The van der Waals surface area contributed by atoms with Crippen LogP contribution in [0, 0.1) is 13.8 Å². The molecule has 1 aromatic rings. The number of hydrogen-bond acceptors (Lipinski definition) is 2. The Bertz CT molecular complexity index is 627. The molecule has 0 bridgehead atoms. The predicted molar refractivity (Wildman–Crippen MR) is 97.7 cm³/mol. The van der Waals surface area contributed by atoms with Crippen molar-refractivity contribution in [3.8, 4) is 5.75 Å². The zero-order valence-electron chi connectivity index (χ0n) is 14.8. The van der Waals surface area contributed by atoms with Crippen molar-refractivity contribution in [2.24, 2.45) is 0 Å². The second-order valence-corrected chi connectivity index (χ2v) is 6.46. The van der Waals surface area contributed by atoms with Crippen LogP contribution in [0.2, 0.25) is 0 Å². The van der Waals surface area contributed by atoms with Crippen molar-refractivity contribution < 1.29 is 9.84 Å². The van der Waals surface area contributed by atoms with Crippen molar-refractivity contribution in [1.29, 1.82) is 0 Å².